The summed E-state index contributed by atoms with van der Waals surface area (Å²) in [6.07, 6.45) is 0. The minimum absolute atomic E-state index is 0.147. The number of likely N-dealkylation sites (N-methyl/N-ethyl adjacent to an activating group) is 1. The second kappa shape index (κ2) is 5.83. The summed E-state index contributed by atoms with van der Waals surface area (Å²) in [5.74, 6) is 0. The fourth-order valence-electron chi connectivity index (χ4n) is 2.55. The summed E-state index contributed by atoms with van der Waals surface area (Å²) in [4.78, 5) is 4.61. The Labute approximate surface area is 117 Å². The van der Waals surface area contributed by atoms with Gasteiger partial charge in [0.2, 0.25) is 0 Å². The smallest absolute Gasteiger partial charge is 0.124 e. The van der Waals surface area contributed by atoms with Crippen LogP contribution in [0.4, 0.5) is 0 Å². The number of hydrogen-bond acceptors (Lipinski definition) is 3. The summed E-state index contributed by atoms with van der Waals surface area (Å²) in [6.45, 7) is 5.18. The van der Waals surface area contributed by atoms with Crippen LogP contribution in [-0.4, -0.2) is 42.5 Å². The molecule has 2 atom stereocenters. The van der Waals surface area contributed by atoms with Gasteiger partial charge in [-0.05, 0) is 31.7 Å². The van der Waals surface area contributed by atoms with Gasteiger partial charge in [0.1, 0.15) is 6.04 Å². The lowest BCUT2D eigenvalue weighted by molar-refractivity contribution is 0.0797. The number of benzene rings is 1. The molecule has 0 aliphatic carbocycles. The van der Waals surface area contributed by atoms with Gasteiger partial charge < -0.3 is 4.90 Å². The van der Waals surface area contributed by atoms with Crippen molar-refractivity contribution in [1.29, 1.82) is 5.26 Å². The van der Waals surface area contributed by atoms with Crippen molar-refractivity contribution in [2.45, 2.75) is 19.0 Å². The van der Waals surface area contributed by atoms with Crippen LogP contribution in [0, 0.1) is 11.3 Å². The highest BCUT2D eigenvalue weighted by atomic mass is 79.9. The van der Waals surface area contributed by atoms with E-state index in [-0.39, 0.29) is 6.04 Å². The van der Waals surface area contributed by atoms with Crippen LogP contribution in [0.1, 0.15) is 18.5 Å². The van der Waals surface area contributed by atoms with Gasteiger partial charge in [0, 0.05) is 30.1 Å². The lowest BCUT2D eigenvalue weighted by atomic mass is 10.0. The van der Waals surface area contributed by atoms with E-state index in [9.17, 15) is 5.26 Å². The molecule has 2 unspecified atom stereocenters. The predicted octanol–water partition coefficient (Wildman–Crippen LogP) is 2.65. The first-order chi connectivity index (χ1) is 8.61. The molecule has 0 spiro atoms. The van der Waals surface area contributed by atoms with Gasteiger partial charge in [0.15, 0.2) is 0 Å². The van der Waals surface area contributed by atoms with Gasteiger partial charge >= 0.3 is 0 Å². The van der Waals surface area contributed by atoms with Gasteiger partial charge in [-0.2, -0.15) is 5.26 Å². The quantitative estimate of drug-likeness (QED) is 0.841. The highest BCUT2D eigenvalue weighted by Crippen LogP contribution is 2.26. The summed E-state index contributed by atoms with van der Waals surface area (Å²) in [5, 5.41) is 9.49. The standard InChI is InChI=1S/C14H18BrN3/c1-11-10-17(2)6-7-18(11)14(9-16)12-4-3-5-13(15)8-12/h3-5,8,11,14H,6-7,10H2,1-2H3. The van der Waals surface area contributed by atoms with E-state index in [2.05, 4.69) is 45.8 Å². The second-order valence-electron chi connectivity index (χ2n) is 4.94. The molecule has 2 rings (SSSR count). The van der Waals surface area contributed by atoms with Crippen LogP contribution >= 0.6 is 15.9 Å². The van der Waals surface area contributed by atoms with Crippen molar-refractivity contribution in [2.24, 2.45) is 0 Å². The molecule has 1 fully saturated rings. The summed E-state index contributed by atoms with van der Waals surface area (Å²) in [6, 6.07) is 10.8. The molecule has 1 aliphatic rings. The SMILES string of the molecule is CC1CN(C)CCN1C(C#N)c1cccc(Br)c1. The third-order valence-corrected chi connectivity index (χ3v) is 3.99. The minimum Gasteiger partial charge on any atom is -0.304 e. The molecule has 1 saturated heterocycles. The van der Waals surface area contributed by atoms with Crippen LogP contribution in [0.15, 0.2) is 28.7 Å². The van der Waals surface area contributed by atoms with Crippen molar-refractivity contribution in [3.8, 4) is 6.07 Å². The molecule has 0 radical (unpaired) electrons. The Hall–Kier alpha value is -0.890. The molecule has 18 heavy (non-hydrogen) atoms. The van der Waals surface area contributed by atoms with Crippen molar-refractivity contribution < 1.29 is 0 Å². The molecule has 1 aromatic carbocycles. The minimum atomic E-state index is -0.147. The summed E-state index contributed by atoms with van der Waals surface area (Å²) in [7, 11) is 2.13. The molecule has 1 aromatic rings. The zero-order chi connectivity index (χ0) is 13.1. The first-order valence-corrected chi connectivity index (χ1v) is 7.00. The van der Waals surface area contributed by atoms with E-state index in [1.165, 1.54) is 0 Å². The zero-order valence-electron chi connectivity index (χ0n) is 10.8. The fraction of sp³-hybridized carbons (Fsp3) is 0.500. The molecule has 1 aliphatic heterocycles. The molecular formula is C14H18BrN3. The van der Waals surface area contributed by atoms with Gasteiger partial charge in [0.05, 0.1) is 6.07 Å². The first-order valence-electron chi connectivity index (χ1n) is 6.21. The van der Waals surface area contributed by atoms with E-state index >= 15 is 0 Å². The summed E-state index contributed by atoms with van der Waals surface area (Å²) < 4.78 is 1.03. The monoisotopic (exact) mass is 307 g/mol. The molecule has 0 saturated carbocycles. The Morgan fingerprint density at radius 1 is 1.44 bits per heavy atom. The molecule has 0 aromatic heterocycles. The number of rotatable bonds is 2. The maximum absolute atomic E-state index is 9.49. The molecule has 0 bridgehead atoms. The van der Waals surface area contributed by atoms with Crippen LogP contribution in [0.3, 0.4) is 0 Å². The number of piperazine rings is 1. The van der Waals surface area contributed by atoms with Gasteiger partial charge in [0.25, 0.3) is 0 Å². The lowest BCUT2D eigenvalue weighted by Gasteiger charge is -2.40. The van der Waals surface area contributed by atoms with Crippen molar-refractivity contribution >= 4 is 15.9 Å². The lowest BCUT2D eigenvalue weighted by Crippen LogP contribution is -2.51. The first kappa shape index (κ1) is 13.5. The van der Waals surface area contributed by atoms with Crippen molar-refractivity contribution in [3.63, 3.8) is 0 Å². The highest BCUT2D eigenvalue weighted by Gasteiger charge is 2.28. The summed E-state index contributed by atoms with van der Waals surface area (Å²) in [5.41, 5.74) is 1.07. The topological polar surface area (TPSA) is 30.3 Å². The molecule has 0 amide bonds. The maximum Gasteiger partial charge on any atom is 0.124 e. The summed E-state index contributed by atoms with van der Waals surface area (Å²) >= 11 is 3.47. The Balaban J connectivity index is 2.21. The van der Waals surface area contributed by atoms with Crippen molar-refractivity contribution in [1.82, 2.24) is 9.80 Å². The maximum atomic E-state index is 9.49. The van der Waals surface area contributed by atoms with E-state index in [4.69, 9.17) is 0 Å². The third-order valence-electron chi connectivity index (χ3n) is 3.50. The van der Waals surface area contributed by atoms with Crippen LogP contribution in [0.5, 0.6) is 0 Å². The van der Waals surface area contributed by atoms with E-state index in [1.54, 1.807) is 0 Å². The second-order valence-corrected chi connectivity index (χ2v) is 5.85. The van der Waals surface area contributed by atoms with Crippen molar-refractivity contribution in [3.05, 3.63) is 34.3 Å². The van der Waals surface area contributed by atoms with Gasteiger partial charge in [-0.3, -0.25) is 4.90 Å². The number of nitrogens with zero attached hydrogens (tertiary/aromatic N) is 3. The third kappa shape index (κ3) is 2.92. The Morgan fingerprint density at radius 2 is 2.22 bits per heavy atom. The van der Waals surface area contributed by atoms with Gasteiger partial charge in [-0.15, -0.1) is 0 Å². The zero-order valence-corrected chi connectivity index (χ0v) is 12.4. The Morgan fingerprint density at radius 3 is 2.83 bits per heavy atom. The van der Waals surface area contributed by atoms with Crippen LogP contribution in [0.25, 0.3) is 0 Å². The number of halogens is 1. The van der Waals surface area contributed by atoms with E-state index in [0.717, 1.165) is 29.7 Å². The average molecular weight is 308 g/mol. The number of nitriles is 1. The largest absolute Gasteiger partial charge is 0.304 e. The fourth-order valence-corrected chi connectivity index (χ4v) is 2.97. The van der Waals surface area contributed by atoms with Crippen LogP contribution < -0.4 is 0 Å². The molecule has 1 heterocycles. The van der Waals surface area contributed by atoms with Gasteiger partial charge in [-0.25, -0.2) is 0 Å². The molecule has 4 heteroatoms. The molecular weight excluding hydrogens is 290 g/mol. The normalized spacial score (nSPS) is 23.6. The number of hydrogen-bond donors (Lipinski definition) is 0. The van der Waals surface area contributed by atoms with Crippen molar-refractivity contribution in [2.75, 3.05) is 26.7 Å². The van der Waals surface area contributed by atoms with E-state index < -0.39 is 0 Å². The van der Waals surface area contributed by atoms with Gasteiger partial charge in [-0.1, -0.05) is 28.1 Å². The van der Waals surface area contributed by atoms with Crippen LogP contribution in [0.2, 0.25) is 0 Å². The van der Waals surface area contributed by atoms with E-state index in [1.807, 2.05) is 24.3 Å². The molecule has 0 N–H and O–H groups in total. The molecule has 3 nitrogen and oxygen atoms in total. The highest BCUT2D eigenvalue weighted by molar-refractivity contribution is 9.10. The van der Waals surface area contributed by atoms with E-state index in [0.29, 0.717) is 6.04 Å². The molecule has 96 valence electrons. The Bertz CT molecular complexity index is 455. The predicted molar refractivity (Wildman–Crippen MR) is 76.2 cm³/mol. The van der Waals surface area contributed by atoms with Crippen LogP contribution in [-0.2, 0) is 0 Å². The average Bonchev–Trinajstić information content (AvgIpc) is 2.33. The Kier molecular flexibility index (Phi) is 4.39.